The molecule has 1 atom stereocenters. The molecule has 1 saturated heterocycles. The van der Waals surface area contributed by atoms with Gasteiger partial charge in [0, 0.05) is 27.7 Å². The monoisotopic (exact) mass is 478 g/mol. The molecule has 29 heavy (non-hydrogen) atoms. The second kappa shape index (κ2) is 8.73. The molecule has 1 aromatic carbocycles. The minimum absolute atomic E-state index is 0.164. The Balaban J connectivity index is 1.88. The topological polar surface area (TPSA) is 75.6 Å². The van der Waals surface area contributed by atoms with Gasteiger partial charge < -0.3 is 15.4 Å². The molecule has 152 valence electrons. The number of methoxy groups -OCH3 is 1. The molecule has 0 radical (unpaired) electrons. The number of aromatic nitrogens is 1. The van der Waals surface area contributed by atoms with E-state index in [2.05, 4.69) is 31.5 Å². The van der Waals surface area contributed by atoms with E-state index in [1.807, 2.05) is 5.38 Å². The van der Waals surface area contributed by atoms with Crippen LogP contribution in [0.3, 0.4) is 0 Å². The highest BCUT2D eigenvalue weighted by atomic mass is 79.9. The molecule has 2 aromatic rings. The first kappa shape index (κ1) is 20.2. The lowest BCUT2D eigenvalue weighted by atomic mass is 9.86. The molecule has 6 nitrogen and oxygen atoms in total. The van der Waals surface area contributed by atoms with E-state index in [1.54, 1.807) is 12.3 Å². The second-order valence-electron chi connectivity index (χ2n) is 6.85. The molecule has 0 spiro atoms. The Morgan fingerprint density at radius 2 is 2.14 bits per heavy atom. The molecule has 1 aromatic heterocycles. The zero-order valence-electron chi connectivity index (χ0n) is 15.7. The van der Waals surface area contributed by atoms with Gasteiger partial charge >= 0.3 is 5.97 Å². The second-order valence-corrected chi connectivity index (χ2v) is 8.60. The van der Waals surface area contributed by atoms with Crippen molar-refractivity contribution in [2.45, 2.75) is 18.9 Å². The van der Waals surface area contributed by atoms with E-state index in [4.69, 9.17) is 9.73 Å². The lowest BCUT2D eigenvalue weighted by Crippen LogP contribution is -2.40. The van der Waals surface area contributed by atoms with Crippen molar-refractivity contribution in [3.8, 4) is 0 Å². The third-order valence-electron chi connectivity index (χ3n) is 5.12. The standard InChI is InChI=1S/C20H20BrFN4O2S/c1-28-20(27)15-16(11-4-6-23-7-5-11)25-18(19-24-8-9-29-19)26-17(15)13-3-2-12(22)10-14(13)21/h2-3,8-11,17,23H,4-7H2,1H3,(H,25,26)/t17-/m1/s1. The number of hydrogen-bond donors (Lipinski definition) is 2. The van der Waals surface area contributed by atoms with E-state index < -0.39 is 12.0 Å². The predicted octanol–water partition coefficient (Wildman–Crippen LogP) is 3.56. The number of halogens is 2. The largest absolute Gasteiger partial charge is 0.466 e. The molecule has 0 unspecified atom stereocenters. The van der Waals surface area contributed by atoms with Crippen molar-refractivity contribution >= 4 is 39.1 Å². The Labute approximate surface area is 180 Å². The van der Waals surface area contributed by atoms with Gasteiger partial charge in [0.05, 0.1) is 12.7 Å². The van der Waals surface area contributed by atoms with Crippen LogP contribution < -0.4 is 10.6 Å². The van der Waals surface area contributed by atoms with Crippen molar-refractivity contribution in [2.75, 3.05) is 20.2 Å². The highest BCUT2D eigenvalue weighted by molar-refractivity contribution is 9.10. The zero-order valence-corrected chi connectivity index (χ0v) is 18.1. The summed E-state index contributed by atoms with van der Waals surface area (Å²) >= 11 is 4.91. The number of carbonyl (C=O) groups is 1. The van der Waals surface area contributed by atoms with Gasteiger partial charge in [-0.3, -0.25) is 4.99 Å². The average Bonchev–Trinajstić information content (AvgIpc) is 3.28. The number of piperidine rings is 1. The predicted molar refractivity (Wildman–Crippen MR) is 113 cm³/mol. The number of aliphatic imine (C=N–C) groups is 1. The summed E-state index contributed by atoms with van der Waals surface area (Å²) in [5.74, 6) is -0.0185. The quantitative estimate of drug-likeness (QED) is 0.657. The first-order valence-electron chi connectivity index (χ1n) is 9.31. The number of hydrogen-bond acceptors (Lipinski definition) is 7. The Hall–Kier alpha value is -2.10. The van der Waals surface area contributed by atoms with Crippen LogP contribution in [0.2, 0.25) is 0 Å². The maximum absolute atomic E-state index is 13.7. The summed E-state index contributed by atoms with van der Waals surface area (Å²) in [6, 6.07) is 3.79. The molecule has 4 rings (SSSR count). The molecular weight excluding hydrogens is 459 g/mol. The molecule has 0 bridgehead atoms. The minimum Gasteiger partial charge on any atom is -0.466 e. The molecule has 2 aliphatic heterocycles. The number of benzene rings is 1. The molecular formula is C20H20BrFN4O2S. The third-order valence-corrected chi connectivity index (χ3v) is 6.59. The number of ether oxygens (including phenoxy) is 1. The summed E-state index contributed by atoms with van der Waals surface area (Å²) in [7, 11) is 1.37. The Kier molecular flexibility index (Phi) is 6.07. The molecule has 2 N–H and O–H groups in total. The van der Waals surface area contributed by atoms with Gasteiger partial charge in [-0.2, -0.15) is 0 Å². The van der Waals surface area contributed by atoms with Gasteiger partial charge in [0.15, 0.2) is 10.8 Å². The van der Waals surface area contributed by atoms with Gasteiger partial charge in [-0.1, -0.05) is 22.0 Å². The van der Waals surface area contributed by atoms with Gasteiger partial charge in [-0.15, -0.1) is 11.3 Å². The number of rotatable bonds is 4. The van der Waals surface area contributed by atoms with Crippen LogP contribution in [-0.2, 0) is 9.53 Å². The lowest BCUT2D eigenvalue weighted by Gasteiger charge is -2.33. The number of thiazole rings is 1. The summed E-state index contributed by atoms with van der Waals surface area (Å²) < 4.78 is 19.4. The van der Waals surface area contributed by atoms with Gasteiger partial charge in [0.1, 0.15) is 11.9 Å². The fourth-order valence-electron chi connectivity index (χ4n) is 3.73. The zero-order chi connectivity index (χ0) is 20.4. The van der Waals surface area contributed by atoms with Gasteiger partial charge in [0.25, 0.3) is 0 Å². The Morgan fingerprint density at radius 3 is 2.79 bits per heavy atom. The van der Waals surface area contributed by atoms with Crippen LogP contribution in [0.4, 0.5) is 4.39 Å². The Morgan fingerprint density at radius 1 is 1.34 bits per heavy atom. The highest BCUT2D eigenvalue weighted by Gasteiger charge is 2.36. The fraction of sp³-hybridized carbons (Fsp3) is 0.350. The van der Waals surface area contributed by atoms with Crippen molar-refractivity contribution < 1.29 is 13.9 Å². The van der Waals surface area contributed by atoms with Crippen molar-refractivity contribution in [1.29, 1.82) is 0 Å². The van der Waals surface area contributed by atoms with Crippen LogP contribution in [0.1, 0.15) is 29.5 Å². The smallest absolute Gasteiger partial charge is 0.338 e. The van der Waals surface area contributed by atoms with Crippen molar-refractivity contribution in [1.82, 2.24) is 15.6 Å². The van der Waals surface area contributed by atoms with E-state index in [1.165, 1.54) is 30.6 Å². The van der Waals surface area contributed by atoms with Gasteiger partial charge in [-0.05, 0) is 43.6 Å². The average molecular weight is 479 g/mol. The third kappa shape index (κ3) is 4.12. The summed E-state index contributed by atoms with van der Waals surface area (Å²) in [6.07, 6.45) is 3.51. The van der Waals surface area contributed by atoms with Crippen LogP contribution >= 0.6 is 27.3 Å². The molecule has 9 heteroatoms. The fourth-order valence-corrected chi connectivity index (χ4v) is 4.88. The van der Waals surface area contributed by atoms with Crippen molar-refractivity contribution in [3.05, 3.63) is 61.9 Å². The number of nitrogens with one attached hydrogen (secondary N) is 2. The molecule has 0 amide bonds. The molecule has 1 fully saturated rings. The summed E-state index contributed by atoms with van der Waals surface area (Å²) in [6.45, 7) is 1.75. The van der Waals surface area contributed by atoms with Crippen molar-refractivity contribution in [3.63, 3.8) is 0 Å². The number of nitrogens with zero attached hydrogens (tertiary/aromatic N) is 2. The maximum Gasteiger partial charge on any atom is 0.338 e. The lowest BCUT2D eigenvalue weighted by molar-refractivity contribution is -0.136. The number of carbonyl (C=O) groups excluding carboxylic acids is 1. The molecule has 3 heterocycles. The highest BCUT2D eigenvalue weighted by Crippen LogP contribution is 2.39. The van der Waals surface area contributed by atoms with Gasteiger partial charge in [-0.25, -0.2) is 14.2 Å². The first-order valence-corrected chi connectivity index (χ1v) is 11.0. The molecule has 0 aliphatic carbocycles. The summed E-state index contributed by atoms with van der Waals surface area (Å²) in [5, 5.41) is 9.35. The van der Waals surface area contributed by atoms with Crippen LogP contribution in [-0.4, -0.2) is 37.0 Å². The van der Waals surface area contributed by atoms with E-state index >= 15 is 0 Å². The molecule has 0 saturated carbocycles. The van der Waals surface area contributed by atoms with Crippen molar-refractivity contribution in [2.24, 2.45) is 10.9 Å². The SMILES string of the molecule is COC(=O)C1=C(C2CCNCC2)NC(c2nccs2)=N[C@@H]1c1ccc(F)cc1Br. The van der Waals surface area contributed by atoms with Crippen LogP contribution in [0.15, 0.2) is 50.5 Å². The molecule has 2 aliphatic rings. The summed E-state index contributed by atoms with van der Waals surface area (Å²) in [5.41, 5.74) is 1.99. The normalized spacial score (nSPS) is 20.2. The van der Waals surface area contributed by atoms with Crippen LogP contribution in [0.25, 0.3) is 0 Å². The number of amidine groups is 1. The minimum atomic E-state index is -0.623. The van der Waals surface area contributed by atoms with Crippen LogP contribution in [0.5, 0.6) is 0 Å². The number of esters is 1. The Bertz CT molecular complexity index is 971. The van der Waals surface area contributed by atoms with E-state index in [0.717, 1.165) is 36.6 Å². The maximum atomic E-state index is 13.7. The first-order chi connectivity index (χ1) is 14.1. The van der Waals surface area contributed by atoms with Crippen LogP contribution in [0, 0.1) is 11.7 Å². The van der Waals surface area contributed by atoms with E-state index in [-0.39, 0.29) is 11.7 Å². The van der Waals surface area contributed by atoms with E-state index in [9.17, 15) is 9.18 Å². The number of allylic oxidation sites excluding steroid dienone is 1. The van der Waals surface area contributed by atoms with Gasteiger partial charge in [0.2, 0.25) is 0 Å². The summed E-state index contributed by atoms with van der Waals surface area (Å²) in [4.78, 5) is 22.1. The van der Waals surface area contributed by atoms with E-state index in [0.29, 0.717) is 21.4 Å².